The first-order chi connectivity index (χ1) is 18.2. The molecule has 0 saturated heterocycles. The van der Waals surface area contributed by atoms with Crippen molar-refractivity contribution < 1.29 is 32.2 Å². The fourth-order valence-corrected chi connectivity index (χ4v) is 4.27. The lowest BCUT2D eigenvalue weighted by Crippen LogP contribution is -2.27. The molecule has 0 amide bonds. The molecule has 0 aliphatic rings. The molecule has 0 heterocycles. The van der Waals surface area contributed by atoms with Gasteiger partial charge in [0.1, 0.15) is 11.5 Å². The first-order valence-corrected chi connectivity index (χ1v) is 13.3. The number of halogens is 3. The molecule has 0 spiro atoms. The molecule has 2 atom stereocenters. The van der Waals surface area contributed by atoms with Gasteiger partial charge in [0.25, 0.3) is 0 Å². The van der Waals surface area contributed by atoms with Crippen LogP contribution in [0.15, 0.2) is 70.8 Å². The minimum atomic E-state index is -5.02. The van der Waals surface area contributed by atoms with Gasteiger partial charge < -0.3 is 9.47 Å². The summed E-state index contributed by atoms with van der Waals surface area (Å²) in [6.07, 6.45) is -1.29. The third-order valence-corrected chi connectivity index (χ3v) is 7.32. The standard InChI is InChI=1S/C32H39F3O4/c1-8-25(27-14-18-29(19-15-27)39-31(37)32(33,34)35)11-9-10-21(4)26-12-16-28(17-13-26)38-30(36)24(7)23(6)22(5)20(2)3/h12-19,21,25H,8-11H2,1-7H3/b24-23+. The predicted octanol–water partition coefficient (Wildman–Crippen LogP) is 9.22. The number of esters is 2. The molecule has 0 aromatic heterocycles. The maximum atomic E-state index is 12.6. The van der Waals surface area contributed by atoms with Gasteiger partial charge in [-0.3, -0.25) is 0 Å². The van der Waals surface area contributed by atoms with Crippen LogP contribution >= 0.6 is 0 Å². The highest BCUT2D eigenvalue weighted by Gasteiger charge is 2.41. The topological polar surface area (TPSA) is 52.6 Å². The number of benzene rings is 2. The molecule has 2 unspecified atom stereocenters. The molecule has 0 saturated carbocycles. The van der Waals surface area contributed by atoms with Crippen LogP contribution in [0.25, 0.3) is 0 Å². The maximum absolute atomic E-state index is 12.6. The Kier molecular flexibility index (Phi) is 11.6. The fourth-order valence-electron chi connectivity index (χ4n) is 4.27. The van der Waals surface area contributed by atoms with Gasteiger partial charge >= 0.3 is 18.1 Å². The summed E-state index contributed by atoms with van der Waals surface area (Å²) in [5.74, 6) is -1.64. The first-order valence-electron chi connectivity index (χ1n) is 13.3. The third-order valence-electron chi connectivity index (χ3n) is 7.32. The van der Waals surface area contributed by atoms with Crippen molar-refractivity contribution in [3.63, 3.8) is 0 Å². The molecule has 2 aromatic carbocycles. The van der Waals surface area contributed by atoms with Crippen molar-refractivity contribution >= 4 is 11.9 Å². The number of alkyl halides is 3. The minimum Gasteiger partial charge on any atom is -0.423 e. The zero-order chi connectivity index (χ0) is 29.3. The van der Waals surface area contributed by atoms with Crippen LogP contribution in [0.2, 0.25) is 0 Å². The molecule has 212 valence electrons. The summed E-state index contributed by atoms with van der Waals surface area (Å²) in [6.45, 7) is 14.0. The maximum Gasteiger partial charge on any atom is 0.491 e. The predicted molar refractivity (Wildman–Crippen MR) is 148 cm³/mol. The van der Waals surface area contributed by atoms with Crippen molar-refractivity contribution in [2.24, 2.45) is 0 Å². The molecule has 4 nitrogen and oxygen atoms in total. The highest BCUT2D eigenvalue weighted by Crippen LogP contribution is 2.31. The highest BCUT2D eigenvalue weighted by atomic mass is 19.4. The molecule has 39 heavy (non-hydrogen) atoms. The van der Waals surface area contributed by atoms with E-state index in [1.165, 1.54) is 12.1 Å². The summed E-state index contributed by atoms with van der Waals surface area (Å²) in [4.78, 5) is 23.6. The molecular weight excluding hydrogens is 505 g/mol. The van der Waals surface area contributed by atoms with Crippen molar-refractivity contribution in [1.82, 2.24) is 0 Å². The molecule has 7 heteroatoms. The summed E-state index contributed by atoms with van der Waals surface area (Å²) in [5.41, 5.74) is 5.92. The van der Waals surface area contributed by atoms with Crippen LogP contribution in [-0.4, -0.2) is 18.1 Å². The minimum absolute atomic E-state index is 0.122. The van der Waals surface area contributed by atoms with Gasteiger partial charge in [-0.2, -0.15) is 13.2 Å². The number of carbonyl (C=O) groups excluding carboxylic acids is 2. The van der Waals surface area contributed by atoms with Crippen LogP contribution in [0.3, 0.4) is 0 Å². The summed E-state index contributed by atoms with van der Waals surface area (Å²) in [7, 11) is 0. The van der Waals surface area contributed by atoms with E-state index in [1.807, 2.05) is 52.0 Å². The number of hydrogen-bond acceptors (Lipinski definition) is 4. The van der Waals surface area contributed by atoms with Gasteiger partial charge in [-0.25, -0.2) is 9.59 Å². The Morgan fingerprint density at radius 1 is 0.744 bits per heavy atom. The Balaban J connectivity index is 1.91. The van der Waals surface area contributed by atoms with Crippen molar-refractivity contribution in [3.05, 3.63) is 82.0 Å². The van der Waals surface area contributed by atoms with E-state index in [9.17, 15) is 22.8 Å². The van der Waals surface area contributed by atoms with Gasteiger partial charge in [0.15, 0.2) is 0 Å². The zero-order valence-corrected chi connectivity index (χ0v) is 23.9. The number of ether oxygens (including phenoxy) is 2. The summed E-state index contributed by atoms with van der Waals surface area (Å²) < 4.78 is 47.2. The van der Waals surface area contributed by atoms with Gasteiger partial charge in [-0.05, 0) is 112 Å². The lowest BCUT2D eigenvalue weighted by Gasteiger charge is -2.18. The molecular formula is C32H39F3O4. The van der Waals surface area contributed by atoms with E-state index in [1.54, 1.807) is 19.1 Å². The second-order valence-corrected chi connectivity index (χ2v) is 10.2. The summed E-state index contributed by atoms with van der Waals surface area (Å²) >= 11 is 0. The first kappa shape index (κ1) is 31.9. The molecule has 0 fully saturated rings. The number of carbonyl (C=O) groups is 2. The average Bonchev–Trinajstić information content (AvgIpc) is 2.90. The second kappa shape index (κ2) is 14.2. The Hall–Kier alpha value is -3.35. The van der Waals surface area contributed by atoms with Crippen LogP contribution in [-0.2, 0) is 9.59 Å². The van der Waals surface area contributed by atoms with E-state index in [-0.39, 0.29) is 17.6 Å². The van der Waals surface area contributed by atoms with E-state index in [4.69, 9.17) is 4.74 Å². The van der Waals surface area contributed by atoms with Crippen LogP contribution in [0.1, 0.15) is 97.1 Å². The van der Waals surface area contributed by atoms with Gasteiger partial charge in [-0.15, -0.1) is 0 Å². The second-order valence-electron chi connectivity index (χ2n) is 10.2. The van der Waals surface area contributed by atoms with Crippen molar-refractivity contribution in [2.75, 3.05) is 0 Å². The highest BCUT2D eigenvalue weighted by molar-refractivity contribution is 5.91. The van der Waals surface area contributed by atoms with E-state index < -0.39 is 12.1 Å². The van der Waals surface area contributed by atoms with E-state index in [0.717, 1.165) is 53.5 Å². The lowest BCUT2D eigenvalue weighted by molar-refractivity contribution is -0.189. The van der Waals surface area contributed by atoms with E-state index in [2.05, 4.69) is 18.6 Å². The monoisotopic (exact) mass is 544 g/mol. The van der Waals surface area contributed by atoms with Crippen LogP contribution < -0.4 is 9.47 Å². The molecule has 2 rings (SSSR count). The van der Waals surface area contributed by atoms with Crippen molar-refractivity contribution in [1.29, 1.82) is 0 Å². The Labute approximate surface area is 229 Å². The van der Waals surface area contributed by atoms with E-state index >= 15 is 0 Å². The van der Waals surface area contributed by atoms with Crippen LogP contribution in [0.5, 0.6) is 11.5 Å². The smallest absolute Gasteiger partial charge is 0.423 e. The number of allylic oxidation sites excluding steroid dienone is 3. The van der Waals surface area contributed by atoms with Gasteiger partial charge in [0, 0.05) is 5.57 Å². The molecule has 0 bridgehead atoms. The van der Waals surface area contributed by atoms with Gasteiger partial charge in [0.05, 0.1) is 0 Å². The SMILES string of the molecule is CCC(CCCC(C)c1ccc(OC(=O)/C(C)=C(\C)C(C)=C(C)C)cc1)c1ccc(OC(=O)C(F)(F)F)cc1. The molecule has 0 aliphatic carbocycles. The normalized spacial score (nSPS) is 13.7. The van der Waals surface area contributed by atoms with Gasteiger partial charge in [-0.1, -0.05) is 50.1 Å². The third kappa shape index (κ3) is 9.41. The Bertz CT molecular complexity index is 1190. The van der Waals surface area contributed by atoms with Crippen LogP contribution in [0.4, 0.5) is 13.2 Å². The van der Waals surface area contributed by atoms with Crippen molar-refractivity contribution in [2.45, 2.75) is 92.2 Å². The lowest BCUT2D eigenvalue weighted by atomic mass is 9.88. The largest absolute Gasteiger partial charge is 0.491 e. The Morgan fingerprint density at radius 2 is 1.26 bits per heavy atom. The number of rotatable bonds is 11. The Morgan fingerprint density at radius 3 is 1.74 bits per heavy atom. The zero-order valence-electron chi connectivity index (χ0n) is 23.9. The molecule has 0 aliphatic heterocycles. The molecule has 0 N–H and O–H groups in total. The van der Waals surface area contributed by atoms with Gasteiger partial charge in [0.2, 0.25) is 0 Å². The average molecular weight is 545 g/mol. The quantitative estimate of drug-likeness (QED) is 0.122. The summed E-state index contributed by atoms with van der Waals surface area (Å²) in [5, 5.41) is 0. The summed E-state index contributed by atoms with van der Waals surface area (Å²) in [6, 6.07) is 13.9. The van der Waals surface area contributed by atoms with E-state index in [0.29, 0.717) is 17.2 Å². The fraction of sp³-hybridized carbons (Fsp3) is 0.438. The van der Waals surface area contributed by atoms with Crippen LogP contribution in [0, 0.1) is 0 Å². The molecule has 0 radical (unpaired) electrons. The molecule has 2 aromatic rings. The van der Waals surface area contributed by atoms with Crippen molar-refractivity contribution in [3.8, 4) is 11.5 Å². The number of hydrogen-bond donors (Lipinski definition) is 0.